The van der Waals surface area contributed by atoms with E-state index in [9.17, 15) is 9.59 Å². The van der Waals surface area contributed by atoms with Gasteiger partial charge in [0.2, 0.25) is 0 Å². The number of nitrogens with zero attached hydrogens (tertiary/aromatic N) is 2. The Kier molecular flexibility index (Phi) is 4.19. The summed E-state index contributed by atoms with van der Waals surface area (Å²) < 4.78 is 1.70. The lowest BCUT2D eigenvalue weighted by Gasteiger charge is -2.26. The number of carboxylic acid groups (broad SMARTS) is 1. The number of aryl methyl sites for hydroxylation is 1. The highest BCUT2D eigenvalue weighted by molar-refractivity contribution is 5.93. The van der Waals surface area contributed by atoms with Crippen LogP contribution in [0.3, 0.4) is 0 Å². The molecule has 1 aliphatic rings. The lowest BCUT2D eigenvalue weighted by molar-refractivity contribution is -0.142. The Labute approximate surface area is 111 Å². The molecule has 1 heterocycles. The molecule has 0 unspecified atom stereocenters. The molecule has 6 heteroatoms. The van der Waals surface area contributed by atoms with Gasteiger partial charge < -0.3 is 10.4 Å². The molecule has 1 aliphatic carbocycles. The van der Waals surface area contributed by atoms with Gasteiger partial charge in [-0.1, -0.05) is 0 Å². The standard InChI is InChI=1S/C13H19N3O3/c1-2-16-8-10(7-14-16)12(17)15-11-5-3-9(4-6-11)13(18)19/h7-9,11H,2-6H2,1H3,(H,15,17)(H,18,19). The number of aliphatic carboxylic acids is 1. The SMILES string of the molecule is CCn1cc(C(=O)NC2CCC(C(=O)O)CC2)cn1. The molecule has 1 aromatic heterocycles. The second-order valence-electron chi connectivity index (χ2n) is 4.94. The van der Waals surface area contributed by atoms with Crippen LogP contribution in [0.1, 0.15) is 43.0 Å². The van der Waals surface area contributed by atoms with E-state index in [1.54, 1.807) is 17.1 Å². The van der Waals surface area contributed by atoms with Crippen LogP contribution in [0.4, 0.5) is 0 Å². The number of nitrogens with one attached hydrogen (secondary N) is 1. The van der Waals surface area contributed by atoms with Crippen molar-refractivity contribution in [2.24, 2.45) is 5.92 Å². The molecule has 6 nitrogen and oxygen atoms in total. The van der Waals surface area contributed by atoms with E-state index >= 15 is 0 Å². The first-order chi connectivity index (χ1) is 9.10. The van der Waals surface area contributed by atoms with E-state index in [0.717, 1.165) is 19.4 Å². The van der Waals surface area contributed by atoms with Crippen LogP contribution in [0, 0.1) is 5.92 Å². The van der Waals surface area contributed by atoms with Gasteiger partial charge in [-0.15, -0.1) is 0 Å². The molecule has 1 amide bonds. The van der Waals surface area contributed by atoms with Crippen LogP contribution >= 0.6 is 0 Å². The van der Waals surface area contributed by atoms with Gasteiger partial charge in [-0.3, -0.25) is 14.3 Å². The number of aromatic nitrogens is 2. The molecule has 0 atom stereocenters. The molecule has 0 saturated heterocycles. The number of hydrogen-bond donors (Lipinski definition) is 2. The van der Waals surface area contributed by atoms with Crippen LogP contribution in [0.15, 0.2) is 12.4 Å². The van der Waals surface area contributed by atoms with Crippen molar-refractivity contribution in [1.29, 1.82) is 0 Å². The third kappa shape index (κ3) is 3.33. The van der Waals surface area contributed by atoms with Gasteiger partial charge in [-0.2, -0.15) is 5.10 Å². The predicted octanol–water partition coefficient (Wildman–Crippen LogP) is 1.28. The number of amides is 1. The van der Waals surface area contributed by atoms with Gasteiger partial charge >= 0.3 is 5.97 Å². The number of rotatable bonds is 4. The zero-order valence-electron chi connectivity index (χ0n) is 11.0. The first-order valence-electron chi connectivity index (χ1n) is 6.66. The zero-order chi connectivity index (χ0) is 13.8. The summed E-state index contributed by atoms with van der Waals surface area (Å²) in [5.74, 6) is -1.11. The average molecular weight is 265 g/mol. The maximum atomic E-state index is 12.0. The number of carbonyl (C=O) groups excluding carboxylic acids is 1. The summed E-state index contributed by atoms with van der Waals surface area (Å²) in [6, 6.07) is 0.0769. The topological polar surface area (TPSA) is 84.2 Å². The molecule has 0 spiro atoms. The van der Waals surface area contributed by atoms with E-state index in [0.29, 0.717) is 18.4 Å². The number of carboxylic acids is 1. The van der Waals surface area contributed by atoms with Gasteiger partial charge in [0, 0.05) is 18.8 Å². The third-order valence-corrected chi connectivity index (χ3v) is 3.63. The van der Waals surface area contributed by atoms with Gasteiger partial charge in [0.15, 0.2) is 0 Å². The van der Waals surface area contributed by atoms with Gasteiger partial charge in [-0.05, 0) is 32.6 Å². The fourth-order valence-corrected chi connectivity index (χ4v) is 2.41. The summed E-state index contributed by atoms with van der Waals surface area (Å²) in [5.41, 5.74) is 0.558. The summed E-state index contributed by atoms with van der Waals surface area (Å²) >= 11 is 0. The van der Waals surface area contributed by atoms with Gasteiger partial charge in [0.05, 0.1) is 17.7 Å². The van der Waals surface area contributed by atoms with Crippen molar-refractivity contribution in [2.45, 2.75) is 45.2 Å². The minimum absolute atomic E-state index is 0.0769. The highest BCUT2D eigenvalue weighted by atomic mass is 16.4. The van der Waals surface area contributed by atoms with E-state index in [1.165, 1.54) is 0 Å². The van der Waals surface area contributed by atoms with Crippen molar-refractivity contribution in [2.75, 3.05) is 0 Å². The van der Waals surface area contributed by atoms with Crippen LogP contribution in [-0.4, -0.2) is 32.8 Å². The molecular formula is C13H19N3O3. The largest absolute Gasteiger partial charge is 0.481 e. The normalized spacial score (nSPS) is 23.0. The highest BCUT2D eigenvalue weighted by Gasteiger charge is 2.27. The van der Waals surface area contributed by atoms with Gasteiger partial charge in [0.25, 0.3) is 5.91 Å². The Hall–Kier alpha value is -1.85. The molecule has 1 fully saturated rings. The van der Waals surface area contributed by atoms with E-state index in [2.05, 4.69) is 10.4 Å². The summed E-state index contributed by atoms with van der Waals surface area (Å²) in [4.78, 5) is 22.8. The van der Waals surface area contributed by atoms with Crippen LogP contribution in [0.25, 0.3) is 0 Å². The second kappa shape index (κ2) is 5.86. The molecule has 19 heavy (non-hydrogen) atoms. The van der Waals surface area contributed by atoms with E-state index in [1.807, 2.05) is 6.92 Å². The van der Waals surface area contributed by atoms with E-state index < -0.39 is 5.97 Å². The first kappa shape index (κ1) is 13.6. The Morgan fingerprint density at radius 3 is 2.63 bits per heavy atom. The molecule has 0 aromatic carbocycles. The van der Waals surface area contributed by atoms with Crippen LogP contribution in [0.2, 0.25) is 0 Å². The fourth-order valence-electron chi connectivity index (χ4n) is 2.41. The molecular weight excluding hydrogens is 246 g/mol. The maximum Gasteiger partial charge on any atom is 0.306 e. The monoisotopic (exact) mass is 265 g/mol. The predicted molar refractivity (Wildman–Crippen MR) is 68.7 cm³/mol. The zero-order valence-corrected chi connectivity index (χ0v) is 11.0. The number of hydrogen-bond acceptors (Lipinski definition) is 3. The minimum atomic E-state index is -0.728. The average Bonchev–Trinajstić information content (AvgIpc) is 2.88. The molecule has 1 aromatic rings. The van der Waals surface area contributed by atoms with Crippen molar-refractivity contribution in [3.05, 3.63) is 18.0 Å². The maximum absolute atomic E-state index is 12.0. The summed E-state index contributed by atoms with van der Waals surface area (Å²) in [5, 5.41) is 15.9. The van der Waals surface area contributed by atoms with Crippen LogP contribution < -0.4 is 5.32 Å². The van der Waals surface area contributed by atoms with Gasteiger partial charge in [-0.25, -0.2) is 0 Å². The smallest absolute Gasteiger partial charge is 0.306 e. The van der Waals surface area contributed by atoms with Crippen LogP contribution in [0.5, 0.6) is 0 Å². The van der Waals surface area contributed by atoms with Crippen molar-refractivity contribution in [3.8, 4) is 0 Å². The second-order valence-corrected chi connectivity index (χ2v) is 4.94. The third-order valence-electron chi connectivity index (χ3n) is 3.63. The highest BCUT2D eigenvalue weighted by Crippen LogP contribution is 2.24. The van der Waals surface area contributed by atoms with Crippen molar-refractivity contribution in [1.82, 2.24) is 15.1 Å². The van der Waals surface area contributed by atoms with Crippen LogP contribution in [-0.2, 0) is 11.3 Å². The van der Waals surface area contributed by atoms with Crippen molar-refractivity contribution >= 4 is 11.9 Å². The van der Waals surface area contributed by atoms with Crippen molar-refractivity contribution in [3.63, 3.8) is 0 Å². The molecule has 1 saturated carbocycles. The Balaban J connectivity index is 1.85. The molecule has 0 aliphatic heterocycles. The summed E-state index contributed by atoms with van der Waals surface area (Å²) in [6.07, 6.45) is 6.00. The Bertz CT molecular complexity index is 461. The molecule has 0 bridgehead atoms. The molecule has 0 radical (unpaired) electrons. The lowest BCUT2D eigenvalue weighted by atomic mass is 9.86. The minimum Gasteiger partial charge on any atom is -0.481 e. The molecule has 2 rings (SSSR count). The van der Waals surface area contributed by atoms with E-state index in [4.69, 9.17) is 5.11 Å². The van der Waals surface area contributed by atoms with E-state index in [-0.39, 0.29) is 17.9 Å². The van der Waals surface area contributed by atoms with Crippen molar-refractivity contribution < 1.29 is 14.7 Å². The fraction of sp³-hybridized carbons (Fsp3) is 0.615. The molecule has 2 N–H and O–H groups in total. The Morgan fingerprint density at radius 1 is 1.42 bits per heavy atom. The lowest BCUT2D eigenvalue weighted by Crippen LogP contribution is -2.38. The first-order valence-corrected chi connectivity index (χ1v) is 6.66. The number of carbonyl (C=O) groups is 2. The summed E-state index contributed by atoms with van der Waals surface area (Å²) in [6.45, 7) is 2.69. The van der Waals surface area contributed by atoms with Gasteiger partial charge in [0.1, 0.15) is 0 Å². The quantitative estimate of drug-likeness (QED) is 0.858. The Morgan fingerprint density at radius 2 is 2.11 bits per heavy atom. The summed E-state index contributed by atoms with van der Waals surface area (Å²) in [7, 11) is 0. The molecule has 104 valence electrons.